The van der Waals surface area contributed by atoms with Gasteiger partial charge in [-0.1, -0.05) is 70.4 Å². The van der Waals surface area contributed by atoms with E-state index < -0.39 is 24.0 Å². The summed E-state index contributed by atoms with van der Waals surface area (Å²) >= 11 is 0. The fraction of sp³-hybridized carbons (Fsp3) is 0.724. The molecule has 1 aromatic carbocycles. The van der Waals surface area contributed by atoms with Crippen LogP contribution in [0.1, 0.15) is 115 Å². The van der Waals surface area contributed by atoms with Gasteiger partial charge in [-0.15, -0.1) is 0 Å². The Balaban J connectivity index is 1.32. The van der Waals surface area contributed by atoms with E-state index in [1.807, 2.05) is 0 Å². The third-order valence-electron chi connectivity index (χ3n) is 8.13. The lowest BCUT2D eigenvalue weighted by Gasteiger charge is -2.32. The van der Waals surface area contributed by atoms with E-state index in [0.29, 0.717) is 11.5 Å². The van der Waals surface area contributed by atoms with Gasteiger partial charge in [0.2, 0.25) is 0 Å². The van der Waals surface area contributed by atoms with Crippen LogP contribution < -0.4 is 4.74 Å². The number of alkyl halides is 2. The zero-order chi connectivity index (χ0) is 24.3. The molecule has 0 spiro atoms. The summed E-state index contributed by atoms with van der Waals surface area (Å²) in [6, 6.07) is 2.35. The summed E-state index contributed by atoms with van der Waals surface area (Å²) < 4.78 is 56.8. The van der Waals surface area contributed by atoms with Crippen molar-refractivity contribution in [3.8, 4) is 5.75 Å². The Bertz CT molecular complexity index is 723. The highest BCUT2D eigenvalue weighted by molar-refractivity contribution is 5.33. The van der Waals surface area contributed by atoms with Crippen LogP contribution in [0.4, 0.5) is 17.6 Å². The van der Waals surface area contributed by atoms with E-state index in [4.69, 9.17) is 0 Å². The number of allylic oxidation sites excluding steroid dienone is 2. The third-order valence-corrected chi connectivity index (χ3v) is 8.13. The minimum absolute atomic E-state index is 0.0914. The highest BCUT2D eigenvalue weighted by Gasteiger charge is 2.27. The summed E-state index contributed by atoms with van der Waals surface area (Å²) in [7, 11) is 0. The van der Waals surface area contributed by atoms with E-state index in [1.54, 1.807) is 0 Å². The standard InChI is InChI=1S/C29H42F4O/c1-2-3-4-5-6-7-8-21-9-11-22(12-10-21)13-14-23-15-17-24(18-16-23)25-19-26(30)28(27(31)20-25)34-29(32)33/h3-4,19-24,29H,2,5-18H2,1H3/b4-3+. The van der Waals surface area contributed by atoms with E-state index >= 15 is 0 Å². The van der Waals surface area contributed by atoms with Crippen molar-refractivity contribution in [1.29, 1.82) is 0 Å². The molecular formula is C29H42F4O. The van der Waals surface area contributed by atoms with Crippen molar-refractivity contribution in [1.82, 2.24) is 0 Å². The second-order valence-corrected chi connectivity index (χ2v) is 10.5. The van der Waals surface area contributed by atoms with E-state index in [0.717, 1.165) is 43.9 Å². The van der Waals surface area contributed by atoms with Gasteiger partial charge in [-0.2, -0.15) is 8.78 Å². The van der Waals surface area contributed by atoms with Crippen molar-refractivity contribution >= 4 is 0 Å². The quantitative estimate of drug-likeness (QED) is 0.164. The van der Waals surface area contributed by atoms with E-state index in [2.05, 4.69) is 23.8 Å². The minimum Gasteiger partial charge on any atom is -0.429 e. The topological polar surface area (TPSA) is 9.23 Å². The summed E-state index contributed by atoms with van der Waals surface area (Å²) in [4.78, 5) is 0. The highest BCUT2D eigenvalue weighted by atomic mass is 19.3. The fourth-order valence-electron chi connectivity index (χ4n) is 6.06. The third kappa shape index (κ3) is 8.61. The van der Waals surface area contributed by atoms with Crippen molar-refractivity contribution in [3.63, 3.8) is 0 Å². The molecule has 0 aromatic heterocycles. The van der Waals surface area contributed by atoms with Crippen LogP contribution in [-0.2, 0) is 0 Å². The summed E-state index contributed by atoms with van der Waals surface area (Å²) in [5, 5.41) is 0. The Morgan fingerprint density at radius 3 is 1.85 bits per heavy atom. The molecule has 3 rings (SSSR count). The minimum atomic E-state index is -3.24. The highest BCUT2D eigenvalue weighted by Crippen LogP contribution is 2.41. The number of unbranched alkanes of at least 4 members (excludes halogenated alkanes) is 2. The first-order valence-electron chi connectivity index (χ1n) is 13.5. The zero-order valence-corrected chi connectivity index (χ0v) is 20.7. The van der Waals surface area contributed by atoms with Crippen LogP contribution in [0.25, 0.3) is 0 Å². The maximum absolute atomic E-state index is 14.1. The van der Waals surface area contributed by atoms with Crippen molar-refractivity contribution in [2.75, 3.05) is 0 Å². The molecule has 0 aliphatic heterocycles. The number of halogens is 4. The summed E-state index contributed by atoms with van der Waals surface area (Å²) in [5.74, 6) is -0.476. The Hall–Kier alpha value is -1.52. The molecule has 0 N–H and O–H groups in total. The Kier molecular flexibility index (Phi) is 11.3. The molecule has 0 unspecified atom stereocenters. The molecule has 0 atom stereocenters. The number of rotatable bonds is 12. The van der Waals surface area contributed by atoms with Gasteiger partial charge in [0.1, 0.15) is 0 Å². The summed E-state index contributed by atoms with van der Waals surface area (Å²) in [6.45, 7) is -1.05. The number of hydrogen-bond acceptors (Lipinski definition) is 1. The molecule has 2 aliphatic rings. The molecule has 2 fully saturated rings. The van der Waals surface area contributed by atoms with Gasteiger partial charge in [0.05, 0.1) is 0 Å². The second kappa shape index (κ2) is 14.1. The van der Waals surface area contributed by atoms with Crippen LogP contribution in [0, 0.1) is 29.4 Å². The lowest BCUT2D eigenvalue weighted by Crippen LogP contribution is -2.18. The van der Waals surface area contributed by atoms with Crippen LogP contribution in [0.5, 0.6) is 5.75 Å². The molecular weight excluding hydrogens is 440 g/mol. The number of hydrogen-bond donors (Lipinski definition) is 0. The normalized spacial score (nSPS) is 25.8. The summed E-state index contributed by atoms with van der Waals surface area (Å²) in [6.07, 6.45) is 23.1. The van der Waals surface area contributed by atoms with Crippen molar-refractivity contribution < 1.29 is 22.3 Å². The van der Waals surface area contributed by atoms with Gasteiger partial charge in [0, 0.05) is 0 Å². The van der Waals surface area contributed by atoms with Crippen LogP contribution in [0.3, 0.4) is 0 Å². The predicted octanol–water partition coefficient (Wildman–Crippen LogP) is 9.95. The Morgan fingerprint density at radius 2 is 1.32 bits per heavy atom. The molecule has 192 valence electrons. The SMILES string of the molecule is CC/C=C/CCCCC1CCC(CCC2CCC(c3cc(F)c(OC(F)F)c(F)c3)CC2)CC1. The molecule has 2 saturated carbocycles. The Labute approximate surface area is 203 Å². The van der Waals surface area contributed by atoms with Gasteiger partial charge in [-0.3, -0.25) is 0 Å². The molecule has 2 aliphatic carbocycles. The lowest BCUT2D eigenvalue weighted by molar-refractivity contribution is -0.0546. The van der Waals surface area contributed by atoms with Crippen LogP contribution in [0.2, 0.25) is 0 Å². The first kappa shape index (κ1) is 27.1. The van der Waals surface area contributed by atoms with E-state index in [-0.39, 0.29) is 5.92 Å². The summed E-state index contributed by atoms with van der Waals surface area (Å²) in [5.41, 5.74) is 0.565. The smallest absolute Gasteiger partial charge is 0.387 e. The van der Waals surface area contributed by atoms with Crippen LogP contribution in [-0.4, -0.2) is 6.61 Å². The van der Waals surface area contributed by atoms with Gasteiger partial charge in [0.15, 0.2) is 17.4 Å². The molecule has 0 bridgehead atoms. The van der Waals surface area contributed by atoms with Crippen molar-refractivity contribution in [3.05, 3.63) is 41.5 Å². The monoisotopic (exact) mass is 482 g/mol. The van der Waals surface area contributed by atoms with Gasteiger partial charge in [-0.05, 0) is 86.3 Å². The first-order valence-corrected chi connectivity index (χ1v) is 13.5. The predicted molar refractivity (Wildman–Crippen MR) is 130 cm³/mol. The average molecular weight is 483 g/mol. The van der Waals surface area contributed by atoms with Gasteiger partial charge < -0.3 is 4.74 Å². The lowest BCUT2D eigenvalue weighted by atomic mass is 9.74. The van der Waals surface area contributed by atoms with Gasteiger partial charge in [0.25, 0.3) is 0 Å². The van der Waals surface area contributed by atoms with E-state index in [9.17, 15) is 17.6 Å². The molecule has 0 saturated heterocycles. The number of ether oxygens (including phenoxy) is 1. The van der Waals surface area contributed by atoms with E-state index in [1.165, 1.54) is 76.3 Å². The van der Waals surface area contributed by atoms with Gasteiger partial charge >= 0.3 is 6.61 Å². The maximum Gasteiger partial charge on any atom is 0.387 e. The van der Waals surface area contributed by atoms with Crippen molar-refractivity contribution in [2.45, 2.75) is 116 Å². The molecule has 1 aromatic rings. The number of benzene rings is 1. The molecule has 1 nitrogen and oxygen atoms in total. The molecule has 0 heterocycles. The molecule has 0 amide bonds. The largest absolute Gasteiger partial charge is 0.429 e. The maximum atomic E-state index is 14.1. The second-order valence-electron chi connectivity index (χ2n) is 10.5. The van der Waals surface area contributed by atoms with Crippen molar-refractivity contribution in [2.24, 2.45) is 17.8 Å². The Morgan fingerprint density at radius 1 is 0.794 bits per heavy atom. The first-order chi connectivity index (χ1) is 16.5. The molecule has 5 heteroatoms. The van der Waals surface area contributed by atoms with Crippen LogP contribution >= 0.6 is 0 Å². The average Bonchev–Trinajstić information content (AvgIpc) is 2.83. The van der Waals surface area contributed by atoms with Crippen LogP contribution in [0.15, 0.2) is 24.3 Å². The van der Waals surface area contributed by atoms with Gasteiger partial charge in [-0.25, -0.2) is 8.78 Å². The zero-order valence-electron chi connectivity index (χ0n) is 20.7. The fourth-order valence-corrected chi connectivity index (χ4v) is 6.06. The molecule has 0 radical (unpaired) electrons. The molecule has 34 heavy (non-hydrogen) atoms.